The number of pyridine rings is 1. The maximum atomic E-state index is 12.8. The third-order valence-electron chi connectivity index (χ3n) is 5.38. The fourth-order valence-corrected chi connectivity index (χ4v) is 3.53. The molecule has 2 aromatic carbocycles. The van der Waals surface area contributed by atoms with Gasteiger partial charge in [0.15, 0.2) is 0 Å². The van der Waals surface area contributed by atoms with Crippen molar-refractivity contribution in [3.8, 4) is 17.0 Å². The van der Waals surface area contributed by atoms with Crippen molar-refractivity contribution in [1.29, 1.82) is 0 Å². The van der Waals surface area contributed by atoms with Crippen molar-refractivity contribution >= 4 is 11.9 Å². The first-order chi connectivity index (χ1) is 17.0. The van der Waals surface area contributed by atoms with Gasteiger partial charge in [-0.2, -0.15) is 13.2 Å². The van der Waals surface area contributed by atoms with E-state index in [1.54, 1.807) is 36.4 Å². The number of aromatic nitrogens is 1. The molecular formula is C27H27F3N2O4. The number of amides is 1. The van der Waals surface area contributed by atoms with Gasteiger partial charge < -0.3 is 15.2 Å². The molecule has 0 aliphatic rings. The number of ether oxygens (including phenoxy) is 1. The molecule has 36 heavy (non-hydrogen) atoms. The molecule has 2 N–H and O–H groups in total. The summed E-state index contributed by atoms with van der Waals surface area (Å²) < 4.78 is 44.6. The van der Waals surface area contributed by atoms with E-state index in [4.69, 9.17) is 9.84 Å². The number of nitrogens with zero attached hydrogens (tertiary/aromatic N) is 1. The summed E-state index contributed by atoms with van der Waals surface area (Å²) in [5.74, 6) is -0.520. The van der Waals surface area contributed by atoms with Gasteiger partial charge in [0.1, 0.15) is 11.9 Å². The summed E-state index contributed by atoms with van der Waals surface area (Å²) in [6, 6.07) is 15.1. The first-order valence-electron chi connectivity index (χ1n) is 11.4. The molecule has 1 heterocycles. The Morgan fingerprint density at radius 1 is 1.00 bits per heavy atom. The van der Waals surface area contributed by atoms with Crippen LogP contribution in [0.15, 0.2) is 66.9 Å². The molecule has 1 amide bonds. The number of alkyl halides is 3. The number of carbonyl (C=O) groups is 2. The average Bonchev–Trinajstić information content (AvgIpc) is 2.83. The highest BCUT2D eigenvalue weighted by Crippen LogP contribution is 2.32. The zero-order valence-corrected chi connectivity index (χ0v) is 19.9. The lowest BCUT2D eigenvalue weighted by molar-refractivity contribution is -0.138. The molecule has 1 aromatic heterocycles. The third kappa shape index (κ3) is 7.56. The zero-order valence-electron chi connectivity index (χ0n) is 19.9. The monoisotopic (exact) mass is 500 g/mol. The summed E-state index contributed by atoms with van der Waals surface area (Å²) >= 11 is 0. The first kappa shape index (κ1) is 26.7. The Bertz CT molecular complexity index is 1160. The van der Waals surface area contributed by atoms with Crippen molar-refractivity contribution < 1.29 is 32.6 Å². The second-order valence-electron chi connectivity index (χ2n) is 8.71. The van der Waals surface area contributed by atoms with Crippen LogP contribution in [0.4, 0.5) is 13.2 Å². The quantitative estimate of drug-likeness (QED) is 0.349. The van der Waals surface area contributed by atoms with E-state index in [1.165, 1.54) is 18.3 Å². The summed E-state index contributed by atoms with van der Waals surface area (Å²) in [6.45, 7) is 4.17. The Morgan fingerprint density at radius 3 is 2.19 bits per heavy atom. The highest BCUT2D eigenvalue weighted by atomic mass is 19.4. The molecule has 3 aromatic rings. The average molecular weight is 501 g/mol. The van der Waals surface area contributed by atoms with Gasteiger partial charge in [-0.05, 0) is 54.3 Å². The standard InChI is InChI=1S/C27H27F3N2O4/c1-17(2)15-24(19-3-5-20(6-4-19)26(35)31-14-13-25(33)34)36-22-11-12-23(32-16-22)18-7-9-21(10-8-18)27(28,29)30/h3-12,16-17,24H,13-15H2,1-2H3,(H,31,35)(H,33,34). The minimum atomic E-state index is -4.39. The fourth-order valence-electron chi connectivity index (χ4n) is 3.53. The van der Waals surface area contributed by atoms with Gasteiger partial charge in [-0.1, -0.05) is 38.1 Å². The molecule has 0 aliphatic heterocycles. The molecule has 0 radical (unpaired) electrons. The van der Waals surface area contributed by atoms with Crippen LogP contribution in [-0.4, -0.2) is 28.5 Å². The largest absolute Gasteiger partial charge is 0.484 e. The molecule has 0 saturated carbocycles. The topological polar surface area (TPSA) is 88.5 Å². The number of rotatable bonds is 10. The number of hydrogen-bond donors (Lipinski definition) is 2. The van der Waals surface area contributed by atoms with Crippen LogP contribution in [0.25, 0.3) is 11.3 Å². The lowest BCUT2D eigenvalue weighted by Crippen LogP contribution is -2.26. The number of aliphatic carboxylic acids is 1. The van der Waals surface area contributed by atoms with E-state index >= 15 is 0 Å². The lowest BCUT2D eigenvalue weighted by atomic mass is 9.98. The van der Waals surface area contributed by atoms with Crippen molar-refractivity contribution in [2.75, 3.05) is 6.54 Å². The molecule has 3 rings (SSSR count). The van der Waals surface area contributed by atoms with Crippen LogP contribution < -0.4 is 10.1 Å². The summed E-state index contributed by atoms with van der Waals surface area (Å²) in [7, 11) is 0. The molecule has 0 bridgehead atoms. The first-order valence-corrected chi connectivity index (χ1v) is 11.4. The molecule has 1 unspecified atom stereocenters. The summed E-state index contributed by atoms with van der Waals surface area (Å²) in [5.41, 5.74) is 1.64. The highest BCUT2D eigenvalue weighted by molar-refractivity contribution is 5.94. The van der Waals surface area contributed by atoms with Gasteiger partial charge in [-0.25, -0.2) is 0 Å². The summed E-state index contributed by atoms with van der Waals surface area (Å²) in [6.07, 6.45) is -2.63. The van der Waals surface area contributed by atoms with E-state index in [9.17, 15) is 22.8 Å². The number of benzene rings is 2. The minimum absolute atomic E-state index is 0.0461. The van der Waals surface area contributed by atoms with E-state index < -0.39 is 17.7 Å². The highest BCUT2D eigenvalue weighted by Gasteiger charge is 2.30. The Labute approximate surface area is 207 Å². The van der Waals surface area contributed by atoms with Gasteiger partial charge in [0.05, 0.1) is 23.9 Å². The van der Waals surface area contributed by atoms with Gasteiger partial charge in [-0.15, -0.1) is 0 Å². The van der Waals surface area contributed by atoms with Crippen LogP contribution in [0.2, 0.25) is 0 Å². The smallest absolute Gasteiger partial charge is 0.416 e. The van der Waals surface area contributed by atoms with Crippen molar-refractivity contribution in [3.05, 3.63) is 83.6 Å². The Kier molecular flexibility index (Phi) is 8.68. The van der Waals surface area contributed by atoms with Crippen LogP contribution in [0.1, 0.15) is 54.3 Å². The predicted molar refractivity (Wildman–Crippen MR) is 129 cm³/mol. The number of carbonyl (C=O) groups excluding carboxylic acids is 1. The molecule has 0 saturated heterocycles. The SMILES string of the molecule is CC(C)CC(Oc1ccc(-c2ccc(C(F)(F)F)cc2)nc1)c1ccc(C(=O)NCCC(=O)O)cc1. The number of halogens is 3. The van der Waals surface area contributed by atoms with E-state index in [0.29, 0.717) is 34.9 Å². The normalized spacial score (nSPS) is 12.3. The van der Waals surface area contributed by atoms with E-state index in [0.717, 1.165) is 17.7 Å². The number of carboxylic acids is 1. The fraction of sp³-hybridized carbons (Fsp3) is 0.296. The molecule has 190 valence electrons. The van der Waals surface area contributed by atoms with Crippen molar-refractivity contribution in [2.45, 2.75) is 39.0 Å². The van der Waals surface area contributed by atoms with Crippen LogP contribution in [0.3, 0.4) is 0 Å². The van der Waals surface area contributed by atoms with Gasteiger partial charge >= 0.3 is 12.1 Å². The molecule has 0 fully saturated rings. The van der Waals surface area contributed by atoms with E-state index in [2.05, 4.69) is 24.1 Å². The molecule has 0 aliphatic carbocycles. The van der Waals surface area contributed by atoms with Crippen molar-refractivity contribution in [3.63, 3.8) is 0 Å². The second-order valence-corrected chi connectivity index (χ2v) is 8.71. The Hall–Kier alpha value is -3.88. The minimum Gasteiger partial charge on any atom is -0.484 e. The number of hydrogen-bond acceptors (Lipinski definition) is 4. The zero-order chi connectivity index (χ0) is 26.3. The lowest BCUT2D eigenvalue weighted by Gasteiger charge is -2.21. The number of nitrogens with one attached hydrogen (secondary N) is 1. The van der Waals surface area contributed by atoms with Crippen molar-refractivity contribution in [2.24, 2.45) is 5.92 Å². The number of carboxylic acid groups (broad SMARTS) is 1. The second kappa shape index (κ2) is 11.7. The molecular weight excluding hydrogens is 473 g/mol. The Morgan fingerprint density at radius 2 is 1.67 bits per heavy atom. The predicted octanol–water partition coefficient (Wildman–Crippen LogP) is 6.14. The summed E-state index contributed by atoms with van der Waals surface area (Å²) in [4.78, 5) is 27.1. The van der Waals surface area contributed by atoms with Crippen LogP contribution >= 0.6 is 0 Å². The van der Waals surface area contributed by atoms with Gasteiger partial charge in [0.25, 0.3) is 5.91 Å². The Balaban J connectivity index is 1.70. The maximum Gasteiger partial charge on any atom is 0.416 e. The molecule has 1 atom stereocenters. The molecule has 6 nitrogen and oxygen atoms in total. The third-order valence-corrected chi connectivity index (χ3v) is 5.38. The van der Waals surface area contributed by atoms with Gasteiger partial charge in [0.2, 0.25) is 0 Å². The van der Waals surface area contributed by atoms with Gasteiger partial charge in [0, 0.05) is 17.7 Å². The molecule has 9 heteroatoms. The molecule has 0 spiro atoms. The van der Waals surface area contributed by atoms with E-state index in [1.807, 2.05) is 0 Å². The van der Waals surface area contributed by atoms with Crippen LogP contribution in [0, 0.1) is 5.92 Å². The van der Waals surface area contributed by atoms with Crippen LogP contribution in [0.5, 0.6) is 5.75 Å². The van der Waals surface area contributed by atoms with Gasteiger partial charge in [-0.3, -0.25) is 14.6 Å². The van der Waals surface area contributed by atoms with Crippen molar-refractivity contribution in [1.82, 2.24) is 10.3 Å². The van der Waals surface area contributed by atoms with E-state index in [-0.39, 0.29) is 25.0 Å². The van der Waals surface area contributed by atoms with Crippen LogP contribution in [-0.2, 0) is 11.0 Å². The maximum absolute atomic E-state index is 12.8. The summed E-state index contributed by atoms with van der Waals surface area (Å²) in [5, 5.41) is 11.3.